The molecule has 0 aliphatic carbocycles. The first-order valence-electron chi connectivity index (χ1n) is 7.11. The van der Waals surface area contributed by atoms with Gasteiger partial charge in [-0.3, -0.25) is 9.59 Å². The van der Waals surface area contributed by atoms with Gasteiger partial charge in [0.05, 0.1) is 6.54 Å². The van der Waals surface area contributed by atoms with E-state index in [4.69, 9.17) is 11.6 Å². The number of benzene rings is 2. The molecule has 0 aromatic heterocycles. The van der Waals surface area contributed by atoms with Crippen molar-refractivity contribution in [1.29, 1.82) is 0 Å². The molecule has 2 amide bonds. The van der Waals surface area contributed by atoms with Crippen molar-refractivity contribution in [1.82, 2.24) is 5.32 Å². The first kappa shape index (κ1) is 16.8. The van der Waals surface area contributed by atoms with Gasteiger partial charge in [0, 0.05) is 29.0 Å². The summed E-state index contributed by atoms with van der Waals surface area (Å²) in [5.74, 6) is -0.349. The molecule has 0 saturated heterocycles. The SMILES string of the molecule is CNC(=O)c1ccc(NC(=O)CNc2cc(Cl)ccc2C)cc1. The molecule has 2 aromatic carbocycles. The Labute approximate surface area is 140 Å². The highest BCUT2D eigenvalue weighted by Crippen LogP contribution is 2.19. The van der Waals surface area contributed by atoms with Crippen molar-refractivity contribution in [2.45, 2.75) is 6.92 Å². The van der Waals surface area contributed by atoms with Gasteiger partial charge >= 0.3 is 0 Å². The predicted octanol–water partition coefficient (Wildman–Crippen LogP) is 3.06. The molecule has 3 N–H and O–H groups in total. The average molecular weight is 332 g/mol. The third kappa shape index (κ3) is 4.72. The number of amides is 2. The van der Waals surface area contributed by atoms with Crippen molar-refractivity contribution in [3.05, 3.63) is 58.6 Å². The van der Waals surface area contributed by atoms with Crippen molar-refractivity contribution in [2.75, 3.05) is 24.2 Å². The van der Waals surface area contributed by atoms with Crippen LogP contribution in [0.1, 0.15) is 15.9 Å². The van der Waals surface area contributed by atoms with E-state index in [1.807, 2.05) is 13.0 Å². The number of anilines is 2. The molecule has 2 rings (SSSR count). The second kappa shape index (κ2) is 7.65. The van der Waals surface area contributed by atoms with Crippen LogP contribution in [0.2, 0.25) is 5.02 Å². The van der Waals surface area contributed by atoms with E-state index < -0.39 is 0 Å². The van der Waals surface area contributed by atoms with Crippen LogP contribution in [0.5, 0.6) is 0 Å². The van der Waals surface area contributed by atoms with Gasteiger partial charge in [0.2, 0.25) is 5.91 Å². The van der Waals surface area contributed by atoms with E-state index in [1.165, 1.54) is 0 Å². The summed E-state index contributed by atoms with van der Waals surface area (Å²) < 4.78 is 0. The normalized spacial score (nSPS) is 10.0. The van der Waals surface area contributed by atoms with Gasteiger partial charge < -0.3 is 16.0 Å². The molecule has 0 unspecified atom stereocenters. The maximum atomic E-state index is 12.0. The van der Waals surface area contributed by atoms with Crippen LogP contribution < -0.4 is 16.0 Å². The van der Waals surface area contributed by atoms with E-state index in [2.05, 4.69) is 16.0 Å². The van der Waals surface area contributed by atoms with Gasteiger partial charge in [-0.2, -0.15) is 0 Å². The Kier molecular flexibility index (Phi) is 5.60. The Morgan fingerprint density at radius 1 is 1.09 bits per heavy atom. The van der Waals surface area contributed by atoms with E-state index in [-0.39, 0.29) is 18.4 Å². The van der Waals surface area contributed by atoms with Crippen LogP contribution >= 0.6 is 11.6 Å². The molecule has 0 heterocycles. The third-order valence-corrected chi connectivity index (χ3v) is 3.53. The van der Waals surface area contributed by atoms with Crippen molar-refractivity contribution in [2.24, 2.45) is 0 Å². The Hall–Kier alpha value is -2.53. The molecule has 6 heteroatoms. The molecule has 0 spiro atoms. The number of carbonyl (C=O) groups excluding carboxylic acids is 2. The van der Waals surface area contributed by atoms with Gasteiger partial charge in [-0.25, -0.2) is 0 Å². The second-order valence-corrected chi connectivity index (χ2v) is 5.45. The zero-order chi connectivity index (χ0) is 16.8. The summed E-state index contributed by atoms with van der Waals surface area (Å²) in [6, 6.07) is 12.2. The van der Waals surface area contributed by atoms with Crippen LogP contribution in [0.4, 0.5) is 11.4 Å². The molecule has 23 heavy (non-hydrogen) atoms. The molecule has 0 bridgehead atoms. The van der Waals surface area contributed by atoms with Crippen molar-refractivity contribution in [3.63, 3.8) is 0 Å². The van der Waals surface area contributed by atoms with Gasteiger partial charge in [-0.15, -0.1) is 0 Å². The number of aryl methyl sites for hydroxylation is 1. The largest absolute Gasteiger partial charge is 0.376 e. The van der Waals surface area contributed by atoms with E-state index in [9.17, 15) is 9.59 Å². The van der Waals surface area contributed by atoms with E-state index in [1.54, 1.807) is 43.4 Å². The standard InChI is InChI=1S/C17H18ClN3O2/c1-11-3-6-13(18)9-15(11)20-10-16(22)21-14-7-4-12(5-8-14)17(23)19-2/h3-9,20H,10H2,1-2H3,(H,19,23)(H,21,22). The summed E-state index contributed by atoms with van der Waals surface area (Å²) in [4.78, 5) is 23.4. The second-order valence-electron chi connectivity index (χ2n) is 5.02. The summed E-state index contributed by atoms with van der Waals surface area (Å²) >= 11 is 5.94. The molecule has 0 atom stereocenters. The fraction of sp³-hybridized carbons (Fsp3) is 0.176. The molecule has 0 aliphatic rings. The lowest BCUT2D eigenvalue weighted by atomic mass is 10.2. The molecule has 120 valence electrons. The van der Waals surface area contributed by atoms with Gasteiger partial charge in [0.15, 0.2) is 0 Å². The first-order valence-corrected chi connectivity index (χ1v) is 7.49. The minimum atomic E-state index is -0.183. The molecular weight excluding hydrogens is 314 g/mol. The smallest absolute Gasteiger partial charge is 0.251 e. The lowest BCUT2D eigenvalue weighted by Gasteiger charge is -2.10. The highest BCUT2D eigenvalue weighted by Gasteiger charge is 2.06. The van der Waals surface area contributed by atoms with Crippen molar-refractivity contribution in [3.8, 4) is 0 Å². The number of rotatable bonds is 5. The maximum absolute atomic E-state index is 12.0. The number of hydrogen-bond acceptors (Lipinski definition) is 3. The minimum absolute atomic E-state index is 0.123. The minimum Gasteiger partial charge on any atom is -0.376 e. The van der Waals surface area contributed by atoms with Crippen LogP contribution in [0, 0.1) is 6.92 Å². The summed E-state index contributed by atoms with van der Waals surface area (Å²) in [6.07, 6.45) is 0. The molecule has 2 aromatic rings. The van der Waals surface area contributed by atoms with Crippen LogP contribution in [-0.2, 0) is 4.79 Å². The van der Waals surface area contributed by atoms with E-state index in [0.717, 1.165) is 11.3 Å². The van der Waals surface area contributed by atoms with Crippen molar-refractivity contribution >= 4 is 34.8 Å². The molecule has 5 nitrogen and oxygen atoms in total. The van der Waals surface area contributed by atoms with E-state index >= 15 is 0 Å². The highest BCUT2D eigenvalue weighted by atomic mass is 35.5. The number of halogens is 1. The lowest BCUT2D eigenvalue weighted by molar-refractivity contribution is -0.114. The molecule has 0 saturated carbocycles. The quantitative estimate of drug-likeness (QED) is 0.788. The highest BCUT2D eigenvalue weighted by molar-refractivity contribution is 6.30. The van der Waals surface area contributed by atoms with Gasteiger partial charge in [0.1, 0.15) is 0 Å². The first-order chi connectivity index (χ1) is 11.0. The third-order valence-electron chi connectivity index (χ3n) is 3.30. The lowest BCUT2D eigenvalue weighted by Crippen LogP contribution is -2.22. The molecular formula is C17H18ClN3O2. The Balaban J connectivity index is 1.92. The Morgan fingerprint density at radius 3 is 2.43 bits per heavy atom. The number of hydrogen-bond donors (Lipinski definition) is 3. The zero-order valence-corrected chi connectivity index (χ0v) is 13.7. The zero-order valence-electron chi connectivity index (χ0n) is 12.9. The fourth-order valence-electron chi connectivity index (χ4n) is 2.01. The number of nitrogens with one attached hydrogen (secondary N) is 3. The topological polar surface area (TPSA) is 70.2 Å². The Morgan fingerprint density at radius 2 is 1.78 bits per heavy atom. The van der Waals surface area contributed by atoms with Crippen molar-refractivity contribution < 1.29 is 9.59 Å². The molecule has 0 radical (unpaired) electrons. The van der Waals surface area contributed by atoms with Crippen LogP contribution in [0.25, 0.3) is 0 Å². The average Bonchev–Trinajstić information content (AvgIpc) is 2.55. The molecule has 0 fully saturated rings. The van der Waals surface area contributed by atoms with Crippen LogP contribution in [0.15, 0.2) is 42.5 Å². The summed E-state index contributed by atoms with van der Waals surface area (Å²) in [5.41, 5.74) is 3.00. The summed E-state index contributed by atoms with van der Waals surface area (Å²) in [5, 5.41) is 8.97. The van der Waals surface area contributed by atoms with Crippen LogP contribution in [-0.4, -0.2) is 25.4 Å². The molecule has 0 aliphatic heterocycles. The summed E-state index contributed by atoms with van der Waals surface area (Å²) in [6.45, 7) is 2.06. The van der Waals surface area contributed by atoms with Crippen LogP contribution in [0.3, 0.4) is 0 Å². The fourth-order valence-corrected chi connectivity index (χ4v) is 2.19. The maximum Gasteiger partial charge on any atom is 0.251 e. The summed E-state index contributed by atoms with van der Waals surface area (Å²) in [7, 11) is 1.57. The monoisotopic (exact) mass is 331 g/mol. The van der Waals surface area contributed by atoms with E-state index in [0.29, 0.717) is 16.3 Å². The number of carbonyl (C=O) groups is 2. The predicted molar refractivity (Wildman–Crippen MR) is 93.1 cm³/mol. The Bertz CT molecular complexity index is 714. The van der Waals surface area contributed by atoms with Gasteiger partial charge in [-0.05, 0) is 48.9 Å². The van der Waals surface area contributed by atoms with Gasteiger partial charge in [-0.1, -0.05) is 17.7 Å². The van der Waals surface area contributed by atoms with Gasteiger partial charge in [0.25, 0.3) is 5.91 Å².